The smallest absolute Gasteiger partial charge is 0.315 e. The van der Waals surface area contributed by atoms with Crippen molar-refractivity contribution in [1.82, 2.24) is 15.5 Å². The van der Waals surface area contributed by atoms with E-state index >= 15 is 0 Å². The highest BCUT2D eigenvalue weighted by Gasteiger charge is 2.35. The molecule has 1 aromatic carbocycles. The van der Waals surface area contributed by atoms with Crippen molar-refractivity contribution < 1.29 is 4.79 Å². The summed E-state index contributed by atoms with van der Waals surface area (Å²) in [5.41, 5.74) is 1.26. The third kappa shape index (κ3) is 3.73. The maximum atomic E-state index is 11.9. The quantitative estimate of drug-likeness (QED) is 0.866. The van der Waals surface area contributed by atoms with Gasteiger partial charge in [-0.15, -0.1) is 0 Å². The van der Waals surface area contributed by atoms with E-state index in [0.29, 0.717) is 6.54 Å². The molecule has 0 aliphatic heterocycles. The van der Waals surface area contributed by atoms with E-state index in [9.17, 15) is 4.79 Å². The molecule has 0 bridgehead atoms. The lowest BCUT2D eigenvalue weighted by molar-refractivity contribution is 0.154. The van der Waals surface area contributed by atoms with Crippen molar-refractivity contribution in [3.8, 4) is 0 Å². The third-order valence-electron chi connectivity index (χ3n) is 4.36. The molecule has 2 N–H and O–H groups in total. The number of amides is 2. The Morgan fingerprint density at radius 3 is 2.40 bits per heavy atom. The van der Waals surface area contributed by atoms with Gasteiger partial charge in [0.25, 0.3) is 0 Å². The van der Waals surface area contributed by atoms with Gasteiger partial charge in [-0.1, -0.05) is 43.2 Å². The van der Waals surface area contributed by atoms with Crippen LogP contribution in [-0.2, 0) is 6.54 Å². The van der Waals surface area contributed by atoms with E-state index in [1.165, 1.54) is 25.7 Å². The minimum absolute atomic E-state index is 0.0815. The standard InChI is InChI=1S/C16H25N3O/c1-19(2)16(10-6-7-11-16)13-18-15(20)17-12-14-8-4-3-5-9-14/h3-5,8-9H,6-7,10-13H2,1-2H3,(H2,17,18,20). The second kappa shape index (κ2) is 6.75. The van der Waals surface area contributed by atoms with E-state index in [1.54, 1.807) is 0 Å². The zero-order valence-electron chi connectivity index (χ0n) is 12.5. The zero-order chi connectivity index (χ0) is 14.4. The molecule has 0 aromatic heterocycles. The Bertz CT molecular complexity index is 425. The van der Waals surface area contributed by atoms with E-state index in [0.717, 1.165) is 12.1 Å². The molecule has 110 valence electrons. The second-order valence-electron chi connectivity index (χ2n) is 5.85. The predicted octanol–water partition coefficient (Wildman–Crippen LogP) is 2.36. The molecule has 2 amide bonds. The molecule has 4 nitrogen and oxygen atoms in total. The van der Waals surface area contributed by atoms with Gasteiger partial charge >= 0.3 is 6.03 Å². The molecule has 0 unspecified atom stereocenters. The Balaban J connectivity index is 1.77. The van der Waals surface area contributed by atoms with E-state index < -0.39 is 0 Å². The number of urea groups is 1. The average molecular weight is 275 g/mol. The minimum Gasteiger partial charge on any atom is -0.336 e. The number of carbonyl (C=O) groups is 1. The number of nitrogens with zero attached hydrogens (tertiary/aromatic N) is 1. The molecule has 0 spiro atoms. The molecule has 1 fully saturated rings. The monoisotopic (exact) mass is 275 g/mol. The first-order valence-corrected chi connectivity index (χ1v) is 7.35. The van der Waals surface area contributed by atoms with Crippen LogP contribution in [0.25, 0.3) is 0 Å². The first-order chi connectivity index (χ1) is 9.62. The minimum atomic E-state index is -0.0815. The van der Waals surface area contributed by atoms with Crippen molar-refractivity contribution in [2.45, 2.75) is 37.8 Å². The fourth-order valence-corrected chi connectivity index (χ4v) is 2.90. The van der Waals surface area contributed by atoms with Crippen LogP contribution >= 0.6 is 0 Å². The number of hydrogen-bond acceptors (Lipinski definition) is 2. The number of nitrogens with one attached hydrogen (secondary N) is 2. The van der Waals surface area contributed by atoms with Crippen LogP contribution in [-0.4, -0.2) is 37.1 Å². The van der Waals surface area contributed by atoms with Crippen LogP contribution in [0.5, 0.6) is 0 Å². The van der Waals surface area contributed by atoms with Gasteiger partial charge in [0.05, 0.1) is 0 Å². The van der Waals surface area contributed by atoms with Crippen LogP contribution in [0.4, 0.5) is 4.79 Å². The molecule has 0 heterocycles. The van der Waals surface area contributed by atoms with E-state index in [1.807, 2.05) is 30.3 Å². The van der Waals surface area contributed by atoms with Crippen molar-refractivity contribution >= 4 is 6.03 Å². The van der Waals surface area contributed by atoms with Gasteiger partial charge in [-0.25, -0.2) is 4.79 Å². The molecular formula is C16H25N3O. The zero-order valence-corrected chi connectivity index (χ0v) is 12.5. The molecule has 1 aliphatic carbocycles. The topological polar surface area (TPSA) is 44.4 Å². The average Bonchev–Trinajstić information content (AvgIpc) is 2.94. The molecule has 20 heavy (non-hydrogen) atoms. The van der Waals surface area contributed by atoms with Gasteiger partial charge in [0.1, 0.15) is 0 Å². The maximum Gasteiger partial charge on any atom is 0.315 e. The van der Waals surface area contributed by atoms with Crippen LogP contribution in [0, 0.1) is 0 Å². The van der Waals surface area contributed by atoms with Crippen molar-refractivity contribution in [3.05, 3.63) is 35.9 Å². The normalized spacial score (nSPS) is 17.1. The number of carbonyl (C=O) groups excluding carboxylic acids is 1. The Morgan fingerprint density at radius 2 is 1.80 bits per heavy atom. The first kappa shape index (κ1) is 14.9. The fourth-order valence-electron chi connectivity index (χ4n) is 2.90. The largest absolute Gasteiger partial charge is 0.336 e. The molecule has 1 aliphatic rings. The van der Waals surface area contributed by atoms with E-state index in [2.05, 4.69) is 29.6 Å². The first-order valence-electron chi connectivity index (χ1n) is 7.35. The summed E-state index contributed by atoms with van der Waals surface area (Å²) in [5, 5.41) is 5.94. The van der Waals surface area contributed by atoms with Gasteiger partial charge in [0, 0.05) is 18.6 Å². The number of likely N-dealkylation sites (N-methyl/N-ethyl adjacent to an activating group) is 1. The molecule has 1 saturated carbocycles. The van der Waals surface area contributed by atoms with Crippen LogP contribution in [0.15, 0.2) is 30.3 Å². The predicted molar refractivity (Wildman–Crippen MR) is 81.6 cm³/mol. The highest BCUT2D eigenvalue weighted by Crippen LogP contribution is 2.32. The fraction of sp³-hybridized carbons (Fsp3) is 0.562. The summed E-state index contributed by atoms with van der Waals surface area (Å²) in [6.45, 7) is 1.29. The highest BCUT2D eigenvalue weighted by molar-refractivity contribution is 5.73. The van der Waals surface area contributed by atoms with Crippen molar-refractivity contribution in [2.24, 2.45) is 0 Å². The van der Waals surface area contributed by atoms with Crippen LogP contribution in [0.1, 0.15) is 31.2 Å². The summed E-state index contributed by atoms with van der Waals surface area (Å²) in [6, 6.07) is 9.88. The third-order valence-corrected chi connectivity index (χ3v) is 4.36. The van der Waals surface area contributed by atoms with Gasteiger partial charge in [-0.2, -0.15) is 0 Å². The van der Waals surface area contributed by atoms with Crippen molar-refractivity contribution in [2.75, 3.05) is 20.6 Å². The van der Waals surface area contributed by atoms with Crippen molar-refractivity contribution in [3.63, 3.8) is 0 Å². The molecular weight excluding hydrogens is 250 g/mol. The molecule has 0 atom stereocenters. The maximum absolute atomic E-state index is 11.9. The summed E-state index contributed by atoms with van der Waals surface area (Å²) in [7, 11) is 4.21. The lowest BCUT2D eigenvalue weighted by Crippen LogP contribution is -2.52. The lowest BCUT2D eigenvalue weighted by atomic mass is 9.96. The van der Waals surface area contributed by atoms with Gasteiger partial charge in [0.2, 0.25) is 0 Å². The Morgan fingerprint density at radius 1 is 1.15 bits per heavy atom. The van der Waals surface area contributed by atoms with E-state index in [4.69, 9.17) is 0 Å². The number of hydrogen-bond donors (Lipinski definition) is 2. The molecule has 4 heteroatoms. The number of rotatable bonds is 5. The van der Waals surface area contributed by atoms with Crippen molar-refractivity contribution in [1.29, 1.82) is 0 Å². The van der Waals surface area contributed by atoms with Crippen LogP contribution in [0.2, 0.25) is 0 Å². The highest BCUT2D eigenvalue weighted by atomic mass is 16.2. The van der Waals surface area contributed by atoms with Gasteiger partial charge in [-0.05, 0) is 32.5 Å². The molecule has 0 radical (unpaired) electrons. The van der Waals surface area contributed by atoms with E-state index in [-0.39, 0.29) is 11.6 Å². The summed E-state index contributed by atoms with van der Waals surface area (Å²) in [6.07, 6.45) is 4.84. The summed E-state index contributed by atoms with van der Waals surface area (Å²) in [5.74, 6) is 0. The second-order valence-corrected chi connectivity index (χ2v) is 5.85. The summed E-state index contributed by atoms with van der Waals surface area (Å²) >= 11 is 0. The Hall–Kier alpha value is -1.55. The molecule has 0 saturated heterocycles. The summed E-state index contributed by atoms with van der Waals surface area (Å²) < 4.78 is 0. The molecule has 2 rings (SSSR count). The SMILES string of the molecule is CN(C)C1(CNC(=O)NCc2ccccc2)CCCC1. The van der Waals surface area contributed by atoms with Gasteiger partial charge in [-0.3, -0.25) is 0 Å². The summed E-state index contributed by atoms with van der Waals surface area (Å²) in [4.78, 5) is 14.2. The van der Waals surface area contributed by atoms with Gasteiger partial charge < -0.3 is 15.5 Å². The number of benzene rings is 1. The molecule has 1 aromatic rings. The van der Waals surface area contributed by atoms with Crippen LogP contribution in [0.3, 0.4) is 0 Å². The Kier molecular flexibility index (Phi) is 5.01. The van der Waals surface area contributed by atoms with Crippen LogP contribution < -0.4 is 10.6 Å². The lowest BCUT2D eigenvalue weighted by Gasteiger charge is -2.36. The Labute approximate surface area is 121 Å². The van der Waals surface area contributed by atoms with Gasteiger partial charge in [0.15, 0.2) is 0 Å².